The Hall–Kier alpha value is -3.49. The van der Waals surface area contributed by atoms with Crippen LogP contribution in [0.25, 0.3) is 0 Å². The van der Waals surface area contributed by atoms with Crippen molar-refractivity contribution in [2.45, 2.75) is 30.3 Å². The van der Waals surface area contributed by atoms with E-state index in [2.05, 4.69) is 115 Å². The molecule has 0 radical (unpaired) electrons. The Bertz CT molecular complexity index is 1050. The molecule has 0 aromatic heterocycles. The fourth-order valence-electron chi connectivity index (χ4n) is 6.39. The fraction of sp³-hybridized carbons (Fsp3) is 0.219. The van der Waals surface area contributed by atoms with Crippen molar-refractivity contribution in [2.24, 2.45) is 11.8 Å². The Morgan fingerprint density at radius 1 is 0.471 bits per heavy atom. The van der Waals surface area contributed by atoms with Crippen LogP contribution in [0.5, 0.6) is 0 Å². The predicted octanol–water partition coefficient (Wildman–Crippen LogP) is 6.85. The Morgan fingerprint density at radius 3 is 1.15 bits per heavy atom. The Labute approximate surface area is 201 Å². The molecular weight excluding hydrogens is 414 g/mol. The van der Waals surface area contributed by atoms with Gasteiger partial charge >= 0.3 is 0 Å². The average Bonchev–Trinajstić information content (AvgIpc) is 2.91. The van der Waals surface area contributed by atoms with Crippen LogP contribution in [0.3, 0.4) is 0 Å². The maximum Gasteiger partial charge on any atom is 0.144 e. The van der Waals surface area contributed by atoms with Crippen LogP contribution >= 0.6 is 0 Å². The van der Waals surface area contributed by atoms with E-state index in [0.717, 1.165) is 6.42 Å². The van der Waals surface area contributed by atoms with Crippen molar-refractivity contribution in [3.05, 3.63) is 144 Å². The monoisotopic (exact) mass is 443 g/mol. The molecule has 1 aliphatic carbocycles. The molecule has 4 aromatic rings. The molecule has 6 atom stereocenters. The van der Waals surface area contributed by atoms with Gasteiger partial charge in [-0.1, -0.05) is 121 Å². The van der Waals surface area contributed by atoms with E-state index in [9.17, 15) is 4.79 Å². The minimum absolute atomic E-state index is 0.0166. The Balaban J connectivity index is 1.52. The van der Waals surface area contributed by atoms with E-state index >= 15 is 0 Å². The highest BCUT2D eigenvalue weighted by Gasteiger charge is 2.54. The van der Waals surface area contributed by atoms with E-state index < -0.39 is 0 Å². The van der Waals surface area contributed by atoms with Crippen LogP contribution in [0.2, 0.25) is 0 Å². The number of hydrogen-bond acceptors (Lipinski definition) is 2. The number of Topliss-reactive ketones (excluding diaryl/α,β-unsaturated/α-hetero) is 1. The summed E-state index contributed by atoms with van der Waals surface area (Å²) in [6.45, 7) is 0. The van der Waals surface area contributed by atoms with Gasteiger partial charge in [0.05, 0.1) is 0 Å². The largest absolute Gasteiger partial charge is 0.302 e. The molecule has 1 aliphatic heterocycles. The van der Waals surface area contributed by atoms with Crippen LogP contribution in [0, 0.1) is 11.8 Å². The summed E-state index contributed by atoms with van der Waals surface area (Å²) in [5.74, 6) is 0.564. The molecule has 168 valence electrons. The lowest BCUT2D eigenvalue weighted by Gasteiger charge is -2.52. The molecule has 2 fully saturated rings. The lowest BCUT2D eigenvalue weighted by Crippen LogP contribution is -2.55. The molecule has 0 amide bonds. The summed E-state index contributed by atoms with van der Waals surface area (Å²) >= 11 is 0. The molecule has 6 rings (SSSR count). The maximum atomic E-state index is 14.5. The maximum absolute atomic E-state index is 14.5. The molecule has 1 saturated carbocycles. The number of ketones is 1. The molecular formula is C32H29NO. The predicted molar refractivity (Wildman–Crippen MR) is 136 cm³/mol. The van der Waals surface area contributed by atoms with Crippen LogP contribution < -0.4 is 5.32 Å². The van der Waals surface area contributed by atoms with Crippen molar-refractivity contribution >= 4 is 5.78 Å². The zero-order valence-electron chi connectivity index (χ0n) is 19.1. The van der Waals surface area contributed by atoms with Crippen molar-refractivity contribution in [3.63, 3.8) is 0 Å². The van der Waals surface area contributed by atoms with E-state index in [1.807, 2.05) is 12.1 Å². The number of rotatable bonds is 4. The summed E-state index contributed by atoms with van der Waals surface area (Å²) in [5, 5.41) is 4.00. The summed E-state index contributed by atoms with van der Waals surface area (Å²) < 4.78 is 0. The molecule has 2 heteroatoms. The quantitative estimate of drug-likeness (QED) is 0.374. The molecule has 1 saturated heterocycles. The lowest BCUT2D eigenvalue weighted by atomic mass is 9.56. The number of nitrogens with one attached hydrogen (secondary N) is 1. The van der Waals surface area contributed by atoms with Gasteiger partial charge in [-0.15, -0.1) is 0 Å². The van der Waals surface area contributed by atoms with E-state index in [0.29, 0.717) is 5.78 Å². The number of carbonyl (C=O) groups is 1. The number of fused-ring (bicyclic) bond motifs is 2. The van der Waals surface area contributed by atoms with Gasteiger partial charge in [-0.2, -0.15) is 0 Å². The van der Waals surface area contributed by atoms with Gasteiger partial charge < -0.3 is 5.32 Å². The second-order valence-electron chi connectivity index (χ2n) is 9.67. The lowest BCUT2D eigenvalue weighted by molar-refractivity contribution is -0.137. The third-order valence-electron chi connectivity index (χ3n) is 7.88. The minimum atomic E-state index is -0.0882. The Morgan fingerprint density at radius 2 is 0.794 bits per heavy atom. The van der Waals surface area contributed by atoms with Crippen molar-refractivity contribution < 1.29 is 4.79 Å². The summed E-state index contributed by atoms with van der Waals surface area (Å²) in [6.07, 6.45) is 0.976. The summed E-state index contributed by atoms with van der Waals surface area (Å²) in [4.78, 5) is 14.5. The van der Waals surface area contributed by atoms with Crippen molar-refractivity contribution in [3.8, 4) is 0 Å². The Kier molecular flexibility index (Phi) is 5.60. The third kappa shape index (κ3) is 3.69. The van der Waals surface area contributed by atoms with E-state index in [-0.39, 0.29) is 35.8 Å². The highest BCUT2D eigenvalue weighted by atomic mass is 16.1. The molecule has 1 heterocycles. The highest BCUT2D eigenvalue weighted by molar-refractivity contribution is 5.89. The van der Waals surface area contributed by atoms with Crippen LogP contribution in [0.4, 0.5) is 0 Å². The van der Waals surface area contributed by atoms with E-state index in [1.54, 1.807) is 0 Å². The highest BCUT2D eigenvalue weighted by Crippen LogP contribution is 2.56. The summed E-state index contributed by atoms with van der Waals surface area (Å²) in [7, 11) is 0. The van der Waals surface area contributed by atoms with Gasteiger partial charge in [0.2, 0.25) is 0 Å². The van der Waals surface area contributed by atoms with Gasteiger partial charge in [0.1, 0.15) is 5.78 Å². The first-order chi connectivity index (χ1) is 16.8. The normalized spacial score (nSPS) is 28.4. The van der Waals surface area contributed by atoms with Crippen molar-refractivity contribution in [1.82, 2.24) is 5.32 Å². The van der Waals surface area contributed by atoms with Crippen molar-refractivity contribution in [2.75, 3.05) is 0 Å². The van der Waals surface area contributed by atoms with Crippen molar-refractivity contribution in [1.29, 1.82) is 0 Å². The van der Waals surface area contributed by atoms with Crippen LogP contribution in [-0.2, 0) is 4.79 Å². The SMILES string of the molecule is O=C1[C@@H]2[C@@H](c3ccccc3)C[C@@H](c3ccccc3)[C@H]1[C@H](c1ccccc1)N[C@@H]2c1ccccc1. The second kappa shape index (κ2) is 9.04. The number of benzene rings is 4. The zero-order valence-corrected chi connectivity index (χ0v) is 19.1. The average molecular weight is 444 g/mol. The first-order valence-corrected chi connectivity index (χ1v) is 12.3. The van der Waals surface area contributed by atoms with Gasteiger partial charge in [-0.3, -0.25) is 4.79 Å². The minimum Gasteiger partial charge on any atom is -0.302 e. The summed E-state index contributed by atoms with van der Waals surface area (Å²) in [6, 6.07) is 42.4. The third-order valence-corrected chi connectivity index (χ3v) is 7.88. The molecule has 4 aromatic carbocycles. The molecule has 0 unspecified atom stereocenters. The molecule has 0 spiro atoms. The van der Waals surface area contributed by atoms with Gasteiger partial charge in [0, 0.05) is 23.9 Å². The standard InChI is InChI=1S/C32H29NO/c34-32-28-26(22-13-5-1-6-14-22)21-27(23-15-7-2-8-16-23)29(32)31(25-19-11-4-12-20-25)33-30(28)24-17-9-3-10-18-24/h1-20,26-31,33H,21H2/t26-,27+,28-,29+,30-,31+. The van der Waals surface area contributed by atoms with Gasteiger partial charge in [0.15, 0.2) is 0 Å². The van der Waals surface area contributed by atoms with Gasteiger partial charge in [0.25, 0.3) is 0 Å². The van der Waals surface area contributed by atoms with Crippen LogP contribution in [0.15, 0.2) is 121 Å². The topological polar surface area (TPSA) is 29.1 Å². The zero-order chi connectivity index (χ0) is 22.9. The van der Waals surface area contributed by atoms with E-state index in [1.165, 1.54) is 22.3 Å². The first-order valence-electron chi connectivity index (χ1n) is 12.3. The number of hydrogen-bond donors (Lipinski definition) is 1. The second-order valence-corrected chi connectivity index (χ2v) is 9.67. The smallest absolute Gasteiger partial charge is 0.144 e. The van der Waals surface area contributed by atoms with Crippen LogP contribution in [0.1, 0.15) is 52.6 Å². The molecule has 2 bridgehead atoms. The van der Waals surface area contributed by atoms with Crippen LogP contribution in [-0.4, -0.2) is 5.78 Å². The molecule has 2 aliphatic rings. The van der Waals surface area contributed by atoms with E-state index in [4.69, 9.17) is 0 Å². The number of carbonyl (C=O) groups excluding carboxylic acids is 1. The molecule has 34 heavy (non-hydrogen) atoms. The molecule has 2 nitrogen and oxygen atoms in total. The van der Waals surface area contributed by atoms with Gasteiger partial charge in [-0.25, -0.2) is 0 Å². The number of piperidine rings is 1. The fourth-order valence-corrected chi connectivity index (χ4v) is 6.39. The summed E-state index contributed by atoms with van der Waals surface area (Å²) in [5.41, 5.74) is 4.92. The molecule has 1 N–H and O–H groups in total. The van der Waals surface area contributed by atoms with Gasteiger partial charge in [-0.05, 0) is 40.5 Å². The first kappa shape index (κ1) is 21.1.